The number of aromatic nitrogens is 4. The number of fused-ring (bicyclic) bond motifs is 12. The minimum atomic E-state index is 0.523. The standard InChI is InChI=1S/C90H63N5/c1-55-56(2)58(4)85(59(5)57(55)3)86-89(94-77-38-22-18-34-68(77)69-35-19-23-39-78(69)94)87(92-81-46-42-64(60-26-10-6-11-27-60)50-72(81)73-51-65(43-47-82(73)92)61-28-12-7-13-29-61)76(54-91)88(90(86)95-79-40-24-20-36-70(79)71-37-21-25-41-80(71)95)93-83-48-44-66(62-30-14-8-15-31-62)52-74(83)75-53-67(45-49-84(75)93)63-32-16-9-17-33-63/h6-53H,1-5H3. The van der Waals surface area contributed by atoms with Crippen LogP contribution in [0.1, 0.15) is 33.4 Å². The van der Waals surface area contributed by atoms with Gasteiger partial charge in [-0.15, -0.1) is 0 Å². The molecule has 0 atom stereocenters. The molecule has 4 heterocycles. The number of para-hydroxylation sites is 4. The summed E-state index contributed by atoms with van der Waals surface area (Å²) in [5.41, 5.74) is 29.2. The van der Waals surface area contributed by atoms with Crippen molar-refractivity contribution in [3.63, 3.8) is 0 Å². The lowest BCUT2D eigenvalue weighted by atomic mass is 9.83. The molecule has 4 aromatic heterocycles. The molecule has 5 nitrogen and oxygen atoms in total. The lowest BCUT2D eigenvalue weighted by molar-refractivity contribution is 1.03. The molecule has 0 unspecified atom stereocenters. The van der Waals surface area contributed by atoms with Crippen LogP contribution in [0.3, 0.4) is 0 Å². The minimum absolute atomic E-state index is 0.523. The first-order chi connectivity index (χ1) is 46.7. The van der Waals surface area contributed by atoms with Crippen LogP contribution in [0.15, 0.2) is 291 Å². The Hall–Kier alpha value is -12.2. The van der Waals surface area contributed by atoms with Crippen molar-refractivity contribution in [1.29, 1.82) is 5.26 Å². The Morgan fingerprint density at radius 2 is 0.442 bits per heavy atom. The fourth-order valence-electron chi connectivity index (χ4n) is 15.9. The van der Waals surface area contributed by atoms with Crippen molar-refractivity contribution < 1.29 is 0 Å². The Labute approximate surface area is 551 Å². The SMILES string of the molecule is Cc1c(C)c(C)c(-c2c(-n3c4ccccc4c4ccccc43)c(-n3c4ccc(-c5ccccc5)cc4c4cc(-c5ccccc5)ccc43)c(C#N)c(-n3c4ccc(-c5ccccc5)cc4c4cc(-c5ccccc5)ccc43)c2-n2c3ccccc3c3ccccc32)c(C)c1C. The van der Waals surface area contributed by atoms with Crippen LogP contribution in [0.25, 0.3) is 166 Å². The van der Waals surface area contributed by atoms with E-state index >= 15 is 0 Å². The minimum Gasteiger partial charge on any atom is -0.306 e. The molecule has 448 valence electrons. The average molecular weight is 1210 g/mol. The zero-order chi connectivity index (χ0) is 63.7. The summed E-state index contributed by atoms with van der Waals surface area (Å²) < 4.78 is 10.0. The van der Waals surface area contributed by atoms with Gasteiger partial charge in [0.2, 0.25) is 0 Å². The highest BCUT2D eigenvalue weighted by molar-refractivity contribution is 6.19. The number of rotatable bonds is 9. The first kappa shape index (κ1) is 55.6. The predicted octanol–water partition coefficient (Wildman–Crippen LogP) is 23.8. The van der Waals surface area contributed by atoms with E-state index in [2.05, 4.69) is 350 Å². The van der Waals surface area contributed by atoms with E-state index < -0.39 is 0 Å². The summed E-state index contributed by atoms with van der Waals surface area (Å²) >= 11 is 0. The van der Waals surface area contributed by atoms with Crippen LogP contribution in [0.5, 0.6) is 0 Å². The first-order valence-electron chi connectivity index (χ1n) is 32.8. The van der Waals surface area contributed by atoms with Gasteiger partial charge in [-0.25, -0.2) is 0 Å². The molecule has 0 saturated heterocycles. The van der Waals surface area contributed by atoms with Gasteiger partial charge in [0.15, 0.2) is 0 Å². The fourth-order valence-corrected chi connectivity index (χ4v) is 15.9. The molecule has 18 rings (SSSR count). The summed E-state index contributed by atoms with van der Waals surface area (Å²) in [6.45, 7) is 11.6. The van der Waals surface area contributed by atoms with Crippen LogP contribution in [-0.4, -0.2) is 18.3 Å². The average Bonchev–Trinajstić information content (AvgIpc) is 1.61. The molecule has 0 radical (unpaired) electrons. The molecule has 0 amide bonds. The number of nitriles is 1. The maximum absolute atomic E-state index is 13.6. The van der Waals surface area contributed by atoms with Gasteiger partial charge in [-0.05, 0) is 185 Å². The number of nitrogens with zero attached hydrogens (tertiary/aromatic N) is 5. The molecule has 0 saturated carbocycles. The Morgan fingerprint density at radius 1 is 0.211 bits per heavy atom. The van der Waals surface area contributed by atoms with Gasteiger partial charge in [-0.3, -0.25) is 0 Å². The van der Waals surface area contributed by atoms with Gasteiger partial charge in [0, 0.05) is 48.7 Å². The number of benzene rings is 14. The second-order valence-electron chi connectivity index (χ2n) is 25.6. The topological polar surface area (TPSA) is 43.5 Å². The molecule has 0 fully saturated rings. The second kappa shape index (κ2) is 21.7. The molecule has 14 aromatic carbocycles. The number of hydrogen-bond acceptors (Lipinski definition) is 1. The monoisotopic (exact) mass is 1210 g/mol. The molecule has 95 heavy (non-hydrogen) atoms. The van der Waals surface area contributed by atoms with E-state index in [1.165, 1.54) is 27.8 Å². The van der Waals surface area contributed by atoms with Crippen molar-refractivity contribution in [2.45, 2.75) is 34.6 Å². The van der Waals surface area contributed by atoms with Crippen molar-refractivity contribution in [1.82, 2.24) is 18.3 Å². The lowest BCUT2D eigenvalue weighted by Gasteiger charge is -2.31. The van der Waals surface area contributed by atoms with Gasteiger partial charge in [0.1, 0.15) is 11.6 Å². The molecule has 0 aliphatic carbocycles. The van der Waals surface area contributed by atoms with Crippen LogP contribution in [0.2, 0.25) is 0 Å². The lowest BCUT2D eigenvalue weighted by Crippen LogP contribution is -2.17. The molecule has 5 heteroatoms. The molecule has 18 aromatic rings. The highest BCUT2D eigenvalue weighted by atomic mass is 15.1. The Morgan fingerprint density at radius 3 is 0.716 bits per heavy atom. The largest absolute Gasteiger partial charge is 0.306 e. The predicted molar refractivity (Wildman–Crippen MR) is 399 cm³/mol. The van der Waals surface area contributed by atoms with E-state index in [0.717, 1.165) is 166 Å². The first-order valence-corrected chi connectivity index (χ1v) is 32.8. The maximum Gasteiger partial charge on any atom is 0.104 e. The van der Waals surface area contributed by atoms with Crippen molar-refractivity contribution >= 4 is 87.2 Å². The van der Waals surface area contributed by atoms with E-state index in [4.69, 9.17) is 0 Å². The third-order valence-electron chi connectivity index (χ3n) is 20.8. The van der Waals surface area contributed by atoms with Crippen LogP contribution < -0.4 is 0 Å². The molecular weight excluding hydrogens is 1150 g/mol. The van der Waals surface area contributed by atoms with Crippen molar-refractivity contribution in [2.75, 3.05) is 0 Å². The molecule has 0 aliphatic rings. The zero-order valence-electron chi connectivity index (χ0n) is 53.4. The van der Waals surface area contributed by atoms with E-state index in [-0.39, 0.29) is 0 Å². The molecule has 0 bridgehead atoms. The van der Waals surface area contributed by atoms with Crippen molar-refractivity contribution in [3.8, 4) is 84.5 Å². The Kier molecular flexibility index (Phi) is 12.7. The van der Waals surface area contributed by atoms with Crippen molar-refractivity contribution in [3.05, 3.63) is 325 Å². The normalized spacial score (nSPS) is 11.8. The highest BCUT2D eigenvalue weighted by Gasteiger charge is 2.37. The Bertz CT molecular complexity index is 5580. The molecule has 0 aliphatic heterocycles. The van der Waals surface area contributed by atoms with Gasteiger partial charge in [0.05, 0.1) is 66.9 Å². The van der Waals surface area contributed by atoms with E-state index in [0.29, 0.717) is 5.56 Å². The summed E-state index contributed by atoms with van der Waals surface area (Å²) in [5, 5.41) is 22.4. The zero-order valence-corrected chi connectivity index (χ0v) is 53.4. The Balaban J connectivity index is 1.15. The van der Waals surface area contributed by atoms with Crippen LogP contribution in [0, 0.1) is 45.9 Å². The van der Waals surface area contributed by atoms with Gasteiger partial charge in [-0.2, -0.15) is 5.26 Å². The van der Waals surface area contributed by atoms with Crippen molar-refractivity contribution in [2.24, 2.45) is 0 Å². The third kappa shape index (κ3) is 8.34. The summed E-state index contributed by atoms with van der Waals surface area (Å²) in [7, 11) is 0. The van der Waals surface area contributed by atoms with E-state index in [1.807, 2.05) is 0 Å². The summed E-state index contributed by atoms with van der Waals surface area (Å²) in [6.07, 6.45) is 0. The van der Waals surface area contributed by atoms with E-state index in [9.17, 15) is 5.26 Å². The quantitative estimate of drug-likeness (QED) is 0.142. The summed E-state index contributed by atoms with van der Waals surface area (Å²) in [4.78, 5) is 0. The third-order valence-corrected chi connectivity index (χ3v) is 20.8. The summed E-state index contributed by atoms with van der Waals surface area (Å²) in [6, 6.07) is 109. The molecule has 0 spiro atoms. The fraction of sp³-hybridized carbons (Fsp3) is 0.0556. The van der Waals surface area contributed by atoms with Gasteiger partial charge in [0.25, 0.3) is 0 Å². The van der Waals surface area contributed by atoms with Crippen LogP contribution in [-0.2, 0) is 0 Å². The highest BCUT2D eigenvalue weighted by Crippen LogP contribution is 2.54. The van der Waals surface area contributed by atoms with Gasteiger partial charge < -0.3 is 18.3 Å². The van der Waals surface area contributed by atoms with Crippen LogP contribution in [0.4, 0.5) is 0 Å². The molecular formula is C90H63N5. The number of hydrogen-bond donors (Lipinski definition) is 0. The van der Waals surface area contributed by atoms with Gasteiger partial charge >= 0.3 is 0 Å². The molecule has 0 N–H and O–H groups in total. The van der Waals surface area contributed by atoms with Gasteiger partial charge in [-0.1, -0.05) is 218 Å². The van der Waals surface area contributed by atoms with Crippen LogP contribution >= 0.6 is 0 Å². The second-order valence-corrected chi connectivity index (χ2v) is 25.6. The maximum atomic E-state index is 13.6. The van der Waals surface area contributed by atoms with E-state index in [1.54, 1.807) is 0 Å². The smallest absolute Gasteiger partial charge is 0.104 e. The summed E-state index contributed by atoms with van der Waals surface area (Å²) in [5.74, 6) is 0.